The van der Waals surface area contributed by atoms with Crippen molar-refractivity contribution in [3.63, 3.8) is 0 Å². The van der Waals surface area contributed by atoms with Crippen LogP contribution in [0, 0.1) is 5.82 Å². The van der Waals surface area contributed by atoms with Crippen LogP contribution in [0.15, 0.2) is 48.5 Å². The maximum atomic E-state index is 13.4. The van der Waals surface area contributed by atoms with E-state index in [9.17, 15) is 9.18 Å². The average Bonchev–Trinajstić information content (AvgIpc) is 2.64. The summed E-state index contributed by atoms with van der Waals surface area (Å²) in [6.07, 6.45) is 3.02. The second-order valence-corrected chi connectivity index (χ2v) is 5.01. The molecule has 0 aliphatic rings. The van der Waals surface area contributed by atoms with Crippen LogP contribution in [0.25, 0.3) is 6.08 Å². The highest BCUT2D eigenvalue weighted by molar-refractivity contribution is 5.92. The first-order valence-corrected chi connectivity index (χ1v) is 7.69. The van der Waals surface area contributed by atoms with Gasteiger partial charge in [0.25, 0.3) is 0 Å². The van der Waals surface area contributed by atoms with Crippen molar-refractivity contribution in [2.75, 3.05) is 27.4 Å². The molecular formula is C19H20FNO4. The molecule has 0 atom stereocenters. The minimum absolute atomic E-state index is 0.161. The lowest BCUT2D eigenvalue weighted by atomic mass is 10.1. The van der Waals surface area contributed by atoms with Crippen LogP contribution in [0.3, 0.4) is 0 Å². The molecule has 25 heavy (non-hydrogen) atoms. The molecule has 1 N–H and O–H groups in total. The van der Waals surface area contributed by atoms with Crippen LogP contribution in [0.2, 0.25) is 0 Å². The van der Waals surface area contributed by atoms with Gasteiger partial charge in [-0.3, -0.25) is 4.79 Å². The first kappa shape index (κ1) is 18.3. The summed E-state index contributed by atoms with van der Waals surface area (Å²) in [4.78, 5) is 11.8. The van der Waals surface area contributed by atoms with Crippen LogP contribution < -0.4 is 19.5 Å². The molecule has 5 nitrogen and oxygen atoms in total. The zero-order valence-electron chi connectivity index (χ0n) is 14.1. The van der Waals surface area contributed by atoms with E-state index in [0.29, 0.717) is 11.5 Å². The zero-order chi connectivity index (χ0) is 18.1. The Labute approximate surface area is 146 Å². The highest BCUT2D eigenvalue weighted by Gasteiger charge is 2.04. The van der Waals surface area contributed by atoms with Crippen LogP contribution in [-0.2, 0) is 4.79 Å². The van der Waals surface area contributed by atoms with E-state index in [0.717, 1.165) is 5.56 Å². The van der Waals surface area contributed by atoms with E-state index in [1.807, 2.05) is 0 Å². The number of nitrogens with one attached hydrogen (secondary N) is 1. The van der Waals surface area contributed by atoms with E-state index in [-0.39, 0.29) is 24.8 Å². The molecule has 0 fully saturated rings. The van der Waals surface area contributed by atoms with Crippen molar-refractivity contribution in [1.82, 2.24) is 5.32 Å². The highest BCUT2D eigenvalue weighted by Crippen LogP contribution is 2.24. The maximum Gasteiger partial charge on any atom is 0.244 e. The average molecular weight is 345 g/mol. The third-order valence-corrected chi connectivity index (χ3v) is 3.35. The van der Waals surface area contributed by atoms with Crippen molar-refractivity contribution in [3.05, 3.63) is 59.9 Å². The summed E-state index contributed by atoms with van der Waals surface area (Å²) in [5, 5.41) is 2.66. The van der Waals surface area contributed by atoms with Gasteiger partial charge >= 0.3 is 0 Å². The van der Waals surface area contributed by atoms with Gasteiger partial charge in [0.15, 0.2) is 11.6 Å². The largest absolute Gasteiger partial charge is 0.497 e. The number of hydrogen-bond donors (Lipinski definition) is 1. The van der Waals surface area contributed by atoms with Crippen LogP contribution in [-0.4, -0.2) is 33.3 Å². The van der Waals surface area contributed by atoms with E-state index >= 15 is 0 Å². The van der Waals surface area contributed by atoms with Crippen LogP contribution in [0.1, 0.15) is 5.56 Å². The Kier molecular flexibility index (Phi) is 6.83. The molecule has 1 amide bonds. The van der Waals surface area contributed by atoms with Gasteiger partial charge in [-0.05, 0) is 36.4 Å². The van der Waals surface area contributed by atoms with E-state index < -0.39 is 5.82 Å². The van der Waals surface area contributed by atoms with Gasteiger partial charge in [0.1, 0.15) is 18.1 Å². The van der Waals surface area contributed by atoms with Crippen molar-refractivity contribution in [1.29, 1.82) is 0 Å². The number of halogens is 1. The molecule has 0 aliphatic heterocycles. The summed E-state index contributed by atoms with van der Waals surface area (Å²) in [7, 11) is 3.12. The Hall–Kier alpha value is -3.02. The fourth-order valence-electron chi connectivity index (χ4n) is 2.09. The van der Waals surface area contributed by atoms with E-state index in [1.165, 1.54) is 18.2 Å². The molecule has 0 saturated heterocycles. The number of carbonyl (C=O) groups is 1. The number of amides is 1. The predicted molar refractivity (Wildman–Crippen MR) is 93.5 cm³/mol. The predicted octanol–water partition coefficient (Wildman–Crippen LogP) is 3.05. The van der Waals surface area contributed by atoms with E-state index in [1.54, 1.807) is 50.6 Å². The van der Waals surface area contributed by atoms with Gasteiger partial charge in [0.05, 0.1) is 20.8 Å². The number of hydrogen-bond acceptors (Lipinski definition) is 4. The monoisotopic (exact) mass is 345 g/mol. The molecule has 0 aliphatic carbocycles. The molecule has 0 saturated carbocycles. The fraction of sp³-hybridized carbons (Fsp3) is 0.211. The Morgan fingerprint density at radius 2 is 1.92 bits per heavy atom. The molecule has 132 valence electrons. The topological polar surface area (TPSA) is 56.8 Å². The third-order valence-electron chi connectivity index (χ3n) is 3.35. The number of methoxy groups -OCH3 is 2. The van der Waals surface area contributed by atoms with Crippen molar-refractivity contribution >= 4 is 12.0 Å². The summed E-state index contributed by atoms with van der Waals surface area (Å²) in [6.45, 7) is 0.426. The number of rotatable bonds is 8. The molecule has 2 aromatic rings. The highest BCUT2D eigenvalue weighted by atomic mass is 19.1. The minimum Gasteiger partial charge on any atom is -0.497 e. The van der Waals surface area contributed by atoms with Crippen LogP contribution in [0.4, 0.5) is 4.39 Å². The molecule has 0 spiro atoms. The molecule has 0 aromatic heterocycles. The van der Waals surface area contributed by atoms with Gasteiger partial charge in [-0.1, -0.05) is 12.1 Å². The smallest absolute Gasteiger partial charge is 0.244 e. The second kappa shape index (κ2) is 9.32. The Balaban J connectivity index is 1.84. The molecule has 6 heteroatoms. The van der Waals surface area contributed by atoms with E-state index in [4.69, 9.17) is 14.2 Å². The van der Waals surface area contributed by atoms with Crippen LogP contribution >= 0.6 is 0 Å². The Morgan fingerprint density at radius 1 is 1.12 bits per heavy atom. The summed E-state index contributed by atoms with van der Waals surface area (Å²) in [5.41, 5.74) is 0.722. The zero-order valence-corrected chi connectivity index (χ0v) is 14.1. The SMILES string of the molecule is COc1ccc(OC)c(/C=C/C(=O)NCCOc2ccccc2F)c1. The molecule has 0 bridgehead atoms. The number of ether oxygens (including phenoxy) is 3. The van der Waals surface area contributed by atoms with Gasteiger partial charge in [-0.2, -0.15) is 0 Å². The van der Waals surface area contributed by atoms with Gasteiger partial charge in [0.2, 0.25) is 5.91 Å². The van der Waals surface area contributed by atoms with Crippen molar-refractivity contribution in [2.45, 2.75) is 0 Å². The number of para-hydroxylation sites is 1. The maximum absolute atomic E-state index is 13.4. The first-order valence-electron chi connectivity index (χ1n) is 7.69. The minimum atomic E-state index is -0.432. The Morgan fingerprint density at radius 3 is 2.64 bits per heavy atom. The summed E-state index contributed by atoms with van der Waals surface area (Å²) in [5.74, 6) is 0.737. The lowest BCUT2D eigenvalue weighted by Crippen LogP contribution is -2.26. The van der Waals surface area contributed by atoms with Crippen molar-refractivity contribution in [3.8, 4) is 17.2 Å². The van der Waals surface area contributed by atoms with Gasteiger partial charge in [-0.15, -0.1) is 0 Å². The van der Waals surface area contributed by atoms with Gasteiger partial charge in [0, 0.05) is 11.6 Å². The van der Waals surface area contributed by atoms with Gasteiger partial charge < -0.3 is 19.5 Å². The van der Waals surface area contributed by atoms with Crippen molar-refractivity contribution < 1.29 is 23.4 Å². The number of benzene rings is 2. The van der Waals surface area contributed by atoms with E-state index in [2.05, 4.69) is 5.32 Å². The standard InChI is InChI=1S/C19H20FNO4/c1-23-15-8-9-17(24-2)14(13-15)7-10-19(22)21-11-12-25-18-6-4-3-5-16(18)20/h3-10,13H,11-12H2,1-2H3,(H,21,22)/b10-7+. The van der Waals surface area contributed by atoms with Gasteiger partial charge in [-0.25, -0.2) is 4.39 Å². The third kappa shape index (κ3) is 5.53. The first-order chi connectivity index (χ1) is 12.1. The summed E-state index contributed by atoms with van der Waals surface area (Å²) in [6, 6.07) is 11.4. The van der Waals surface area contributed by atoms with Crippen LogP contribution in [0.5, 0.6) is 17.2 Å². The molecule has 0 heterocycles. The lowest BCUT2D eigenvalue weighted by molar-refractivity contribution is -0.116. The molecule has 2 rings (SSSR count). The fourth-order valence-corrected chi connectivity index (χ4v) is 2.09. The molecule has 0 unspecified atom stereocenters. The molecular weight excluding hydrogens is 325 g/mol. The normalized spacial score (nSPS) is 10.5. The molecule has 2 aromatic carbocycles. The van der Waals surface area contributed by atoms with Crippen molar-refractivity contribution in [2.24, 2.45) is 0 Å². The second-order valence-electron chi connectivity index (χ2n) is 5.01. The quantitative estimate of drug-likeness (QED) is 0.590. The molecule has 0 radical (unpaired) electrons. The lowest BCUT2D eigenvalue weighted by Gasteiger charge is -2.08. The number of carbonyl (C=O) groups excluding carboxylic acids is 1. The summed E-state index contributed by atoms with van der Waals surface area (Å²) >= 11 is 0. The summed E-state index contributed by atoms with van der Waals surface area (Å²) < 4.78 is 29.0. The Bertz CT molecular complexity index is 746.